The third kappa shape index (κ3) is 3.00. The van der Waals surface area contributed by atoms with E-state index in [1.54, 1.807) is 0 Å². The Morgan fingerprint density at radius 1 is 0.731 bits per heavy atom. The Morgan fingerprint density at radius 2 is 1.04 bits per heavy atom. The van der Waals surface area contributed by atoms with Gasteiger partial charge in [-0.25, -0.2) is 0 Å². The predicted molar refractivity (Wildman–Crippen MR) is 120 cm³/mol. The molecule has 136 valence electrons. The Balaban J connectivity index is 0.00000243. The molecule has 2 nitrogen and oxygen atoms in total. The second kappa shape index (κ2) is 8.16. The molecule has 0 heterocycles. The molecule has 0 aliphatic rings. The molecule has 0 aromatic heterocycles. The first-order chi connectivity index (χ1) is 12.1. The second-order valence-electron chi connectivity index (χ2n) is 6.41. The van der Waals surface area contributed by atoms with Crippen LogP contribution in [0.5, 0.6) is 0 Å². The summed E-state index contributed by atoms with van der Waals surface area (Å²) in [5, 5.41) is 6.38. The first-order valence-electron chi connectivity index (χ1n) is 8.59. The van der Waals surface area contributed by atoms with Crippen molar-refractivity contribution >= 4 is 45.1 Å². The van der Waals surface area contributed by atoms with Crippen LogP contribution in [0.2, 0.25) is 0 Å². The quantitative estimate of drug-likeness (QED) is 0.596. The SMILES string of the molecule is Br.CCNC(=O)P(C)(c1ccccc1)(c1ccccc1)c1ccccc1. The molecule has 1 N–H and O–H groups in total. The molecule has 4 heteroatoms. The van der Waals surface area contributed by atoms with Crippen LogP contribution in [0.3, 0.4) is 0 Å². The van der Waals surface area contributed by atoms with Crippen molar-refractivity contribution in [3.05, 3.63) is 91.0 Å². The molecule has 0 bridgehead atoms. The van der Waals surface area contributed by atoms with E-state index in [9.17, 15) is 4.79 Å². The molecule has 0 atom stereocenters. The molecule has 26 heavy (non-hydrogen) atoms. The summed E-state index contributed by atoms with van der Waals surface area (Å²) in [6, 6.07) is 30.7. The van der Waals surface area contributed by atoms with E-state index in [-0.39, 0.29) is 22.6 Å². The molecule has 3 aromatic rings. The van der Waals surface area contributed by atoms with Crippen LogP contribution in [-0.4, -0.2) is 18.9 Å². The van der Waals surface area contributed by atoms with Gasteiger partial charge in [0.2, 0.25) is 0 Å². The number of benzene rings is 3. The first kappa shape index (κ1) is 20.4. The van der Waals surface area contributed by atoms with Gasteiger partial charge in [0.25, 0.3) is 0 Å². The van der Waals surface area contributed by atoms with Gasteiger partial charge in [-0.05, 0) is 0 Å². The van der Waals surface area contributed by atoms with Crippen LogP contribution >= 0.6 is 23.6 Å². The summed E-state index contributed by atoms with van der Waals surface area (Å²) in [6.45, 7) is 1.43. The fraction of sp³-hybridized carbons (Fsp3) is 0.136. The molecule has 3 rings (SSSR count). The van der Waals surface area contributed by atoms with Crippen molar-refractivity contribution in [3.63, 3.8) is 0 Å². The predicted octanol–water partition coefficient (Wildman–Crippen LogP) is 4.45. The minimum atomic E-state index is -3.31. The van der Waals surface area contributed by atoms with Crippen molar-refractivity contribution in [2.24, 2.45) is 0 Å². The van der Waals surface area contributed by atoms with Gasteiger partial charge in [0, 0.05) is 0 Å². The van der Waals surface area contributed by atoms with Crippen LogP contribution in [0.25, 0.3) is 0 Å². The summed E-state index contributed by atoms with van der Waals surface area (Å²) in [7, 11) is 0. The normalized spacial score (nSPS) is 12.3. The molecule has 0 saturated heterocycles. The summed E-state index contributed by atoms with van der Waals surface area (Å²) in [4.78, 5) is 13.7. The van der Waals surface area contributed by atoms with E-state index in [0.29, 0.717) is 6.54 Å². The molecular formula is C22H25BrNOP. The van der Waals surface area contributed by atoms with Crippen molar-refractivity contribution in [1.29, 1.82) is 0 Å². The van der Waals surface area contributed by atoms with E-state index in [2.05, 4.69) is 48.4 Å². The van der Waals surface area contributed by atoms with E-state index in [1.165, 1.54) is 0 Å². The van der Waals surface area contributed by atoms with Crippen molar-refractivity contribution in [3.8, 4) is 0 Å². The Kier molecular flexibility index (Phi) is 6.39. The molecule has 0 spiro atoms. The topological polar surface area (TPSA) is 29.1 Å². The van der Waals surface area contributed by atoms with Crippen molar-refractivity contribution in [2.45, 2.75) is 6.92 Å². The number of halogens is 1. The van der Waals surface area contributed by atoms with Gasteiger partial charge in [0.1, 0.15) is 0 Å². The van der Waals surface area contributed by atoms with Gasteiger partial charge in [0.15, 0.2) is 0 Å². The van der Waals surface area contributed by atoms with Gasteiger partial charge in [-0.2, -0.15) is 0 Å². The van der Waals surface area contributed by atoms with E-state index in [4.69, 9.17) is 0 Å². The van der Waals surface area contributed by atoms with Crippen molar-refractivity contribution in [2.75, 3.05) is 13.2 Å². The van der Waals surface area contributed by atoms with Gasteiger partial charge in [-0.1, -0.05) is 0 Å². The maximum atomic E-state index is 13.7. The zero-order chi connectivity index (χ0) is 17.8. The molecule has 0 aliphatic heterocycles. The number of hydrogen-bond donors (Lipinski definition) is 1. The van der Waals surface area contributed by atoms with E-state index in [1.807, 2.05) is 61.5 Å². The number of rotatable bonds is 5. The molecule has 0 unspecified atom stereocenters. The summed E-state index contributed by atoms with van der Waals surface area (Å²) >= 11 is 0. The van der Waals surface area contributed by atoms with Crippen LogP contribution in [0.4, 0.5) is 4.79 Å². The van der Waals surface area contributed by atoms with Gasteiger partial charge < -0.3 is 0 Å². The van der Waals surface area contributed by atoms with Crippen LogP contribution in [0.15, 0.2) is 91.0 Å². The molecule has 0 radical (unpaired) electrons. The number of amides is 1. The molecular weight excluding hydrogens is 405 g/mol. The molecule has 0 fully saturated rings. The van der Waals surface area contributed by atoms with Crippen LogP contribution in [0, 0.1) is 0 Å². The summed E-state index contributed by atoms with van der Waals surface area (Å²) < 4.78 is 0. The standard InChI is InChI=1S/C22H24NOP.BrH/c1-3-23-22(24)25(2,19-13-7-4-8-14-19,20-15-9-5-10-16-20)21-17-11-6-12-18-21;/h4-18H,3H2,1-2H3,(H,23,24);1H. The molecule has 1 amide bonds. The van der Waals surface area contributed by atoms with Crippen LogP contribution in [0.1, 0.15) is 6.92 Å². The van der Waals surface area contributed by atoms with E-state index in [0.717, 1.165) is 15.9 Å². The monoisotopic (exact) mass is 429 g/mol. The Hall–Kier alpha value is -1.96. The Bertz CT molecular complexity index is 754. The van der Waals surface area contributed by atoms with Crippen LogP contribution in [-0.2, 0) is 0 Å². The number of carbonyl (C=O) groups excluding carboxylic acids is 1. The Morgan fingerprint density at radius 3 is 1.31 bits per heavy atom. The molecule has 0 saturated carbocycles. The van der Waals surface area contributed by atoms with Gasteiger partial charge in [-0.15, -0.1) is 17.0 Å². The average Bonchev–Trinajstić information content (AvgIpc) is 2.69. The summed E-state index contributed by atoms with van der Waals surface area (Å²) in [5.41, 5.74) is 0.108. The Labute approximate surface area is 166 Å². The average molecular weight is 430 g/mol. The van der Waals surface area contributed by atoms with Crippen molar-refractivity contribution < 1.29 is 4.79 Å². The number of nitrogens with one attached hydrogen (secondary N) is 1. The van der Waals surface area contributed by atoms with Gasteiger partial charge >= 0.3 is 149 Å². The number of carbonyl (C=O) groups is 1. The fourth-order valence-corrected chi connectivity index (χ4v) is 8.45. The van der Waals surface area contributed by atoms with E-state index < -0.39 is 6.60 Å². The summed E-state index contributed by atoms with van der Waals surface area (Å²) in [5.74, 6) is 0. The minimum absolute atomic E-state index is 0. The zero-order valence-electron chi connectivity index (χ0n) is 15.1. The van der Waals surface area contributed by atoms with Gasteiger partial charge in [-0.3, -0.25) is 0 Å². The van der Waals surface area contributed by atoms with Crippen molar-refractivity contribution in [1.82, 2.24) is 5.32 Å². The molecule has 0 aliphatic carbocycles. The maximum absolute atomic E-state index is 13.7. The van der Waals surface area contributed by atoms with Gasteiger partial charge in [0.05, 0.1) is 0 Å². The number of hydrogen-bond acceptors (Lipinski definition) is 1. The van der Waals surface area contributed by atoms with E-state index >= 15 is 0 Å². The first-order valence-corrected chi connectivity index (χ1v) is 11.3. The fourth-order valence-electron chi connectivity index (χ4n) is 3.55. The zero-order valence-corrected chi connectivity index (χ0v) is 17.7. The third-order valence-corrected chi connectivity index (χ3v) is 11.0. The third-order valence-electron chi connectivity index (χ3n) is 5.04. The summed E-state index contributed by atoms with van der Waals surface area (Å²) in [6.07, 6.45) is 0. The second-order valence-corrected chi connectivity index (χ2v) is 11.5. The van der Waals surface area contributed by atoms with Crippen LogP contribution < -0.4 is 21.2 Å². The molecule has 3 aromatic carbocycles.